The monoisotopic (exact) mass is 319 g/mol. The average molecular weight is 319 g/mol. The van der Waals surface area contributed by atoms with Crippen LogP contribution >= 0.6 is 23.5 Å². The molecular formula is C14H19F2NOS2. The van der Waals surface area contributed by atoms with E-state index in [1.807, 2.05) is 19.1 Å². The zero-order chi connectivity index (χ0) is 14.6. The van der Waals surface area contributed by atoms with E-state index in [-0.39, 0.29) is 6.04 Å². The molecule has 0 spiro atoms. The first-order chi connectivity index (χ1) is 9.48. The van der Waals surface area contributed by atoms with Gasteiger partial charge < -0.3 is 10.4 Å². The standard InChI is InChI=1S/C14H19F2NOS2/c1-10(17-8-14(18)6-7-19-9-14)11-2-4-12(5-3-11)20-13(15)16/h2-5,10,13,17-18H,6-9H2,1H3. The van der Waals surface area contributed by atoms with Crippen LogP contribution in [0.25, 0.3) is 0 Å². The highest BCUT2D eigenvalue weighted by Crippen LogP contribution is 2.29. The number of hydrogen-bond donors (Lipinski definition) is 2. The van der Waals surface area contributed by atoms with Crippen LogP contribution in [0, 0.1) is 0 Å². The lowest BCUT2D eigenvalue weighted by Crippen LogP contribution is -2.41. The summed E-state index contributed by atoms with van der Waals surface area (Å²) in [7, 11) is 0. The highest BCUT2D eigenvalue weighted by atomic mass is 32.2. The molecule has 1 fully saturated rings. The van der Waals surface area contributed by atoms with Crippen LogP contribution in [0.5, 0.6) is 0 Å². The zero-order valence-electron chi connectivity index (χ0n) is 11.3. The number of rotatable bonds is 6. The summed E-state index contributed by atoms with van der Waals surface area (Å²) < 4.78 is 24.5. The van der Waals surface area contributed by atoms with Crippen molar-refractivity contribution >= 4 is 23.5 Å². The van der Waals surface area contributed by atoms with Gasteiger partial charge in [0.2, 0.25) is 0 Å². The number of hydrogen-bond acceptors (Lipinski definition) is 4. The van der Waals surface area contributed by atoms with Crippen molar-refractivity contribution in [3.63, 3.8) is 0 Å². The molecule has 1 heterocycles. The number of benzene rings is 1. The minimum atomic E-state index is -2.38. The van der Waals surface area contributed by atoms with Gasteiger partial charge in [-0.25, -0.2) is 0 Å². The quantitative estimate of drug-likeness (QED) is 0.786. The van der Waals surface area contributed by atoms with E-state index in [2.05, 4.69) is 5.32 Å². The van der Waals surface area contributed by atoms with Gasteiger partial charge in [0.15, 0.2) is 0 Å². The van der Waals surface area contributed by atoms with Gasteiger partial charge in [-0.15, -0.1) is 0 Å². The number of halogens is 2. The Labute approximate surface area is 126 Å². The van der Waals surface area contributed by atoms with Crippen molar-refractivity contribution in [2.24, 2.45) is 0 Å². The molecule has 0 radical (unpaired) electrons. The van der Waals surface area contributed by atoms with Crippen LogP contribution in [-0.4, -0.2) is 34.5 Å². The smallest absolute Gasteiger partial charge is 0.288 e. The second-order valence-corrected chi connectivity index (χ2v) is 7.25. The Hall–Kier alpha value is -0.300. The van der Waals surface area contributed by atoms with Gasteiger partial charge in [-0.3, -0.25) is 0 Å². The molecule has 1 aromatic rings. The van der Waals surface area contributed by atoms with Crippen molar-refractivity contribution in [3.05, 3.63) is 29.8 Å². The zero-order valence-corrected chi connectivity index (χ0v) is 12.9. The summed E-state index contributed by atoms with van der Waals surface area (Å²) in [5.74, 6) is -0.603. The molecule has 0 aromatic heterocycles. The Balaban J connectivity index is 1.87. The summed E-state index contributed by atoms with van der Waals surface area (Å²) in [6.07, 6.45) is 0.821. The van der Waals surface area contributed by atoms with Crippen LogP contribution in [0.2, 0.25) is 0 Å². The highest BCUT2D eigenvalue weighted by molar-refractivity contribution is 7.99. The van der Waals surface area contributed by atoms with Crippen molar-refractivity contribution < 1.29 is 13.9 Å². The predicted molar refractivity (Wildman–Crippen MR) is 81.6 cm³/mol. The summed E-state index contributed by atoms with van der Waals surface area (Å²) in [5.41, 5.74) is 0.433. The molecule has 2 rings (SSSR count). The average Bonchev–Trinajstić information content (AvgIpc) is 2.84. The van der Waals surface area contributed by atoms with E-state index in [4.69, 9.17) is 0 Å². The van der Waals surface area contributed by atoms with Crippen molar-refractivity contribution in [2.75, 3.05) is 18.1 Å². The van der Waals surface area contributed by atoms with E-state index in [0.717, 1.165) is 23.5 Å². The molecule has 6 heteroatoms. The minimum absolute atomic E-state index is 0.0928. The molecule has 112 valence electrons. The van der Waals surface area contributed by atoms with Crippen LogP contribution in [0.3, 0.4) is 0 Å². The molecule has 0 aliphatic carbocycles. The Bertz CT molecular complexity index is 422. The maximum atomic E-state index is 12.2. The molecule has 0 saturated carbocycles. The largest absolute Gasteiger partial charge is 0.388 e. The first-order valence-corrected chi connectivity index (χ1v) is 8.60. The second kappa shape index (κ2) is 7.11. The van der Waals surface area contributed by atoms with Crippen LogP contribution < -0.4 is 5.32 Å². The van der Waals surface area contributed by atoms with E-state index in [9.17, 15) is 13.9 Å². The molecule has 0 bridgehead atoms. The fourth-order valence-corrected chi connectivity index (χ4v) is 3.93. The number of aliphatic hydroxyl groups is 1. The molecule has 20 heavy (non-hydrogen) atoms. The van der Waals surface area contributed by atoms with Crippen LogP contribution in [0.15, 0.2) is 29.2 Å². The number of alkyl halides is 2. The molecule has 1 aliphatic rings. The van der Waals surface area contributed by atoms with Gasteiger partial charge in [-0.1, -0.05) is 23.9 Å². The van der Waals surface area contributed by atoms with E-state index in [1.54, 1.807) is 23.9 Å². The van der Waals surface area contributed by atoms with Gasteiger partial charge in [0.25, 0.3) is 5.76 Å². The Kier molecular flexibility index (Phi) is 5.72. The summed E-state index contributed by atoms with van der Waals surface area (Å²) in [4.78, 5) is 0.571. The number of thioether (sulfide) groups is 2. The van der Waals surface area contributed by atoms with Crippen molar-refractivity contribution in [1.29, 1.82) is 0 Å². The Morgan fingerprint density at radius 2 is 2.10 bits per heavy atom. The van der Waals surface area contributed by atoms with Gasteiger partial charge in [-0.05, 0) is 36.8 Å². The highest BCUT2D eigenvalue weighted by Gasteiger charge is 2.31. The van der Waals surface area contributed by atoms with Crippen LogP contribution in [-0.2, 0) is 0 Å². The van der Waals surface area contributed by atoms with Crippen LogP contribution in [0.4, 0.5) is 8.78 Å². The Morgan fingerprint density at radius 3 is 2.65 bits per heavy atom. The third-order valence-corrected chi connectivity index (χ3v) is 5.38. The first kappa shape index (κ1) is 16.1. The lowest BCUT2D eigenvalue weighted by Gasteiger charge is -2.24. The lowest BCUT2D eigenvalue weighted by molar-refractivity contribution is 0.0651. The maximum absolute atomic E-state index is 12.2. The molecule has 2 N–H and O–H groups in total. The van der Waals surface area contributed by atoms with E-state index in [0.29, 0.717) is 23.2 Å². The third kappa shape index (κ3) is 4.62. The molecule has 1 aliphatic heterocycles. The second-order valence-electron chi connectivity index (χ2n) is 5.08. The predicted octanol–water partition coefficient (Wildman–Crippen LogP) is 3.52. The van der Waals surface area contributed by atoms with Gasteiger partial charge in [-0.2, -0.15) is 20.5 Å². The van der Waals surface area contributed by atoms with Crippen molar-refractivity contribution in [3.8, 4) is 0 Å². The number of nitrogens with one attached hydrogen (secondary N) is 1. The topological polar surface area (TPSA) is 32.3 Å². The van der Waals surface area contributed by atoms with Gasteiger partial charge >= 0.3 is 0 Å². The fraction of sp³-hybridized carbons (Fsp3) is 0.571. The molecule has 1 saturated heterocycles. The van der Waals surface area contributed by atoms with Crippen molar-refractivity contribution in [2.45, 2.75) is 35.6 Å². The Morgan fingerprint density at radius 1 is 1.40 bits per heavy atom. The molecular weight excluding hydrogens is 300 g/mol. The van der Waals surface area contributed by atoms with Gasteiger partial charge in [0, 0.05) is 23.2 Å². The summed E-state index contributed by atoms with van der Waals surface area (Å²) in [6, 6.07) is 7.23. The van der Waals surface area contributed by atoms with Crippen molar-refractivity contribution in [1.82, 2.24) is 5.32 Å². The maximum Gasteiger partial charge on any atom is 0.288 e. The van der Waals surface area contributed by atoms with E-state index in [1.165, 1.54) is 0 Å². The van der Waals surface area contributed by atoms with Gasteiger partial charge in [0.1, 0.15) is 0 Å². The minimum Gasteiger partial charge on any atom is -0.388 e. The van der Waals surface area contributed by atoms with E-state index >= 15 is 0 Å². The van der Waals surface area contributed by atoms with Gasteiger partial charge in [0.05, 0.1) is 5.60 Å². The summed E-state index contributed by atoms with van der Waals surface area (Å²) in [5, 5.41) is 13.6. The molecule has 0 amide bonds. The molecule has 1 aromatic carbocycles. The fourth-order valence-electron chi connectivity index (χ4n) is 2.13. The third-order valence-electron chi connectivity index (χ3n) is 3.43. The normalized spacial score (nSPS) is 24.2. The molecule has 2 nitrogen and oxygen atoms in total. The molecule has 2 unspecified atom stereocenters. The summed E-state index contributed by atoms with van der Waals surface area (Å²) >= 11 is 2.33. The summed E-state index contributed by atoms with van der Waals surface area (Å²) in [6.45, 7) is 2.58. The first-order valence-electron chi connectivity index (χ1n) is 6.57. The SMILES string of the molecule is CC(NCC1(O)CCSC1)c1ccc(SC(F)F)cc1. The lowest BCUT2D eigenvalue weighted by atomic mass is 10.0. The van der Waals surface area contributed by atoms with E-state index < -0.39 is 11.4 Å². The van der Waals surface area contributed by atoms with Crippen LogP contribution in [0.1, 0.15) is 24.9 Å². The molecule has 2 atom stereocenters.